The highest BCUT2D eigenvalue weighted by molar-refractivity contribution is 8.26. The second-order valence-electron chi connectivity index (χ2n) is 6.55. The largest absolute Gasteiger partial charge is 0.480 e. The first-order valence-corrected chi connectivity index (χ1v) is 10.4. The molecule has 10 heteroatoms. The maximum Gasteiger partial charge on any atom is 0.326 e. The van der Waals surface area contributed by atoms with Crippen LogP contribution in [0.2, 0.25) is 0 Å². The van der Waals surface area contributed by atoms with Crippen molar-refractivity contribution in [2.75, 3.05) is 0 Å². The molecule has 2 aromatic rings. The van der Waals surface area contributed by atoms with Crippen LogP contribution in [0.3, 0.4) is 0 Å². The summed E-state index contributed by atoms with van der Waals surface area (Å²) >= 11 is 6.29. The number of non-ortho nitro benzene ring substituents is 1. The van der Waals surface area contributed by atoms with Crippen molar-refractivity contribution in [1.82, 2.24) is 4.90 Å². The van der Waals surface area contributed by atoms with Gasteiger partial charge >= 0.3 is 5.97 Å². The van der Waals surface area contributed by atoms with Crippen LogP contribution in [0.5, 0.6) is 0 Å². The number of benzene rings is 1. The molecular formula is C20H18N2O6S2. The third-order valence-corrected chi connectivity index (χ3v) is 5.84. The number of amides is 1. The number of carbonyl (C=O) groups excluding carboxylic acids is 1. The maximum atomic E-state index is 12.8. The number of nitro groups is 1. The monoisotopic (exact) mass is 446 g/mol. The van der Waals surface area contributed by atoms with Gasteiger partial charge in [0.05, 0.1) is 9.83 Å². The van der Waals surface area contributed by atoms with Gasteiger partial charge in [0.25, 0.3) is 11.6 Å². The lowest BCUT2D eigenvalue weighted by Crippen LogP contribution is -2.43. The number of nitro benzene ring substituents is 1. The van der Waals surface area contributed by atoms with Gasteiger partial charge < -0.3 is 9.52 Å². The summed E-state index contributed by atoms with van der Waals surface area (Å²) < 4.78 is 5.94. The summed E-state index contributed by atoms with van der Waals surface area (Å²) in [6.45, 7) is 1.95. The topological polar surface area (TPSA) is 114 Å². The summed E-state index contributed by atoms with van der Waals surface area (Å²) in [6.07, 6.45) is 3.33. The number of furan rings is 1. The number of hydrogen-bond acceptors (Lipinski definition) is 7. The van der Waals surface area contributed by atoms with E-state index in [1.54, 1.807) is 24.3 Å². The summed E-state index contributed by atoms with van der Waals surface area (Å²) in [7, 11) is 0. The number of nitrogens with zero attached hydrogens (tertiary/aromatic N) is 2. The highest BCUT2D eigenvalue weighted by atomic mass is 32.2. The van der Waals surface area contributed by atoms with Crippen LogP contribution in [-0.4, -0.2) is 37.2 Å². The summed E-state index contributed by atoms with van der Waals surface area (Å²) in [5.41, 5.74) is 0.628. The molecule has 30 heavy (non-hydrogen) atoms. The Morgan fingerprint density at radius 1 is 1.33 bits per heavy atom. The lowest BCUT2D eigenvalue weighted by Gasteiger charge is -2.22. The molecule has 1 aromatic heterocycles. The van der Waals surface area contributed by atoms with E-state index in [0.29, 0.717) is 29.9 Å². The van der Waals surface area contributed by atoms with Gasteiger partial charge in [-0.05, 0) is 30.7 Å². The molecule has 0 aliphatic carbocycles. The summed E-state index contributed by atoms with van der Waals surface area (Å²) in [5.74, 6) is -0.663. The van der Waals surface area contributed by atoms with Crippen LogP contribution in [0.4, 0.5) is 5.69 Å². The molecule has 1 N–H and O–H groups in total. The Balaban J connectivity index is 1.80. The Hall–Kier alpha value is -2.98. The minimum Gasteiger partial charge on any atom is -0.480 e. The number of unbranched alkanes of at least 4 members (excludes halogenated alkanes) is 1. The summed E-state index contributed by atoms with van der Waals surface area (Å²) in [6, 6.07) is 8.27. The molecule has 1 aliphatic rings. The zero-order chi connectivity index (χ0) is 21.8. The van der Waals surface area contributed by atoms with E-state index in [1.165, 1.54) is 18.2 Å². The fourth-order valence-electron chi connectivity index (χ4n) is 2.97. The van der Waals surface area contributed by atoms with Crippen molar-refractivity contribution in [2.45, 2.75) is 32.2 Å². The molecule has 156 valence electrons. The van der Waals surface area contributed by atoms with Gasteiger partial charge in [0, 0.05) is 23.8 Å². The number of thiocarbonyl (C=S) groups is 1. The number of thioether (sulfide) groups is 1. The molecule has 1 aliphatic heterocycles. The Kier molecular flexibility index (Phi) is 6.68. The SMILES string of the molecule is CCCCC(C(=O)O)N1C(=O)/C(=C\c2ccc(-c3ccc([N+](=O)[O-])cc3)o2)SC1=S. The number of aliphatic carboxylic acids is 1. The number of carboxylic acid groups (broad SMARTS) is 1. The molecule has 1 atom stereocenters. The minimum absolute atomic E-state index is 0.0229. The van der Waals surface area contributed by atoms with Crippen molar-refractivity contribution >= 4 is 51.9 Å². The molecule has 2 heterocycles. The van der Waals surface area contributed by atoms with E-state index in [-0.39, 0.29) is 14.9 Å². The minimum atomic E-state index is -1.08. The second-order valence-corrected chi connectivity index (χ2v) is 8.23. The normalized spacial score (nSPS) is 16.3. The molecule has 0 radical (unpaired) electrons. The molecule has 1 amide bonds. The second kappa shape index (κ2) is 9.23. The van der Waals surface area contributed by atoms with E-state index in [9.17, 15) is 24.8 Å². The predicted molar refractivity (Wildman–Crippen MR) is 117 cm³/mol. The molecule has 1 saturated heterocycles. The van der Waals surface area contributed by atoms with E-state index < -0.39 is 22.8 Å². The molecule has 1 fully saturated rings. The summed E-state index contributed by atoms with van der Waals surface area (Å²) in [5, 5.41) is 20.3. The smallest absolute Gasteiger partial charge is 0.326 e. The highest BCUT2D eigenvalue weighted by Crippen LogP contribution is 2.36. The lowest BCUT2D eigenvalue weighted by atomic mass is 10.1. The van der Waals surface area contributed by atoms with Crippen molar-refractivity contribution in [1.29, 1.82) is 0 Å². The lowest BCUT2D eigenvalue weighted by molar-refractivity contribution is -0.384. The van der Waals surface area contributed by atoms with Crippen LogP contribution in [-0.2, 0) is 9.59 Å². The first-order chi connectivity index (χ1) is 14.3. The predicted octanol–water partition coefficient (Wildman–Crippen LogP) is 4.70. The van der Waals surface area contributed by atoms with Gasteiger partial charge in [0.1, 0.15) is 21.9 Å². The quantitative estimate of drug-likeness (QED) is 0.269. The molecule has 1 unspecified atom stereocenters. The molecular weight excluding hydrogens is 428 g/mol. The third kappa shape index (κ3) is 4.60. The number of carbonyl (C=O) groups is 2. The molecule has 3 rings (SSSR count). The van der Waals surface area contributed by atoms with Crippen LogP contribution in [0.1, 0.15) is 31.9 Å². The number of rotatable bonds is 8. The number of hydrogen-bond donors (Lipinski definition) is 1. The molecule has 0 spiro atoms. The third-order valence-electron chi connectivity index (χ3n) is 4.51. The fraction of sp³-hybridized carbons (Fsp3) is 0.250. The van der Waals surface area contributed by atoms with Crippen LogP contribution in [0, 0.1) is 10.1 Å². The van der Waals surface area contributed by atoms with Gasteiger partial charge in [0.15, 0.2) is 0 Å². The van der Waals surface area contributed by atoms with E-state index in [2.05, 4.69) is 0 Å². The molecule has 8 nitrogen and oxygen atoms in total. The van der Waals surface area contributed by atoms with E-state index in [0.717, 1.165) is 23.1 Å². The average molecular weight is 447 g/mol. The first-order valence-electron chi connectivity index (χ1n) is 9.16. The zero-order valence-electron chi connectivity index (χ0n) is 15.9. The van der Waals surface area contributed by atoms with Crippen molar-refractivity contribution in [3.8, 4) is 11.3 Å². The van der Waals surface area contributed by atoms with Crippen molar-refractivity contribution < 1.29 is 24.0 Å². The highest BCUT2D eigenvalue weighted by Gasteiger charge is 2.40. The van der Waals surface area contributed by atoms with Crippen LogP contribution in [0.25, 0.3) is 17.4 Å². The molecule has 0 saturated carbocycles. The first kappa shape index (κ1) is 21.7. The van der Waals surface area contributed by atoms with Gasteiger partial charge in [-0.25, -0.2) is 4.79 Å². The average Bonchev–Trinajstić information content (AvgIpc) is 3.28. The van der Waals surface area contributed by atoms with E-state index in [1.807, 2.05) is 6.92 Å². The standard InChI is InChI=1S/C20H18N2O6S2/c1-2-3-4-15(19(24)25)21-18(23)17(30-20(21)29)11-14-9-10-16(28-14)12-5-7-13(8-6-12)22(26)27/h5-11,15H,2-4H2,1H3,(H,24,25)/b17-11+. The Morgan fingerprint density at radius 2 is 2.03 bits per heavy atom. The molecule has 0 bridgehead atoms. The Morgan fingerprint density at radius 3 is 2.63 bits per heavy atom. The van der Waals surface area contributed by atoms with Crippen LogP contribution in [0.15, 0.2) is 45.7 Å². The van der Waals surface area contributed by atoms with Gasteiger partial charge in [-0.15, -0.1) is 0 Å². The molecule has 1 aromatic carbocycles. The Labute approximate surface area is 181 Å². The van der Waals surface area contributed by atoms with Crippen LogP contribution >= 0.6 is 24.0 Å². The van der Waals surface area contributed by atoms with E-state index in [4.69, 9.17) is 16.6 Å². The van der Waals surface area contributed by atoms with Crippen molar-refractivity contribution in [3.63, 3.8) is 0 Å². The van der Waals surface area contributed by atoms with Gasteiger partial charge in [0.2, 0.25) is 0 Å². The van der Waals surface area contributed by atoms with Gasteiger partial charge in [-0.1, -0.05) is 43.7 Å². The van der Waals surface area contributed by atoms with Crippen molar-refractivity contribution in [3.05, 3.63) is 57.2 Å². The van der Waals surface area contributed by atoms with E-state index >= 15 is 0 Å². The summed E-state index contributed by atoms with van der Waals surface area (Å²) in [4.78, 5) is 36.1. The number of carboxylic acids is 1. The van der Waals surface area contributed by atoms with Gasteiger partial charge in [-0.3, -0.25) is 19.8 Å². The van der Waals surface area contributed by atoms with Crippen molar-refractivity contribution in [2.24, 2.45) is 0 Å². The zero-order valence-corrected chi connectivity index (χ0v) is 17.6. The van der Waals surface area contributed by atoms with Gasteiger partial charge in [-0.2, -0.15) is 0 Å². The fourth-order valence-corrected chi connectivity index (χ4v) is 4.31. The Bertz CT molecular complexity index is 1030. The maximum absolute atomic E-state index is 12.8. The van der Waals surface area contributed by atoms with Crippen LogP contribution < -0.4 is 0 Å².